The molecule has 6 nitrogen and oxygen atoms in total. The summed E-state index contributed by atoms with van der Waals surface area (Å²) >= 11 is 1.35. The summed E-state index contributed by atoms with van der Waals surface area (Å²) in [5.74, 6) is 1.62. The highest BCUT2D eigenvalue weighted by molar-refractivity contribution is 7.99. The second kappa shape index (κ2) is 9.63. The third-order valence-electron chi connectivity index (χ3n) is 4.63. The molecule has 2 aromatic carbocycles. The van der Waals surface area contributed by atoms with Crippen molar-refractivity contribution in [1.82, 2.24) is 14.8 Å². The predicted octanol–water partition coefficient (Wildman–Crippen LogP) is 4.80. The molecule has 0 radical (unpaired) electrons. The number of anilines is 1. The van der Waals surface area contributed by atoms with Crippen LogP contribution in [0.25, 0.3) is 11.4 Å². The Kier molecular flexibility index (Phi) is 6.95. The monoisotopic (exact) mass is 422 g/mol. The molecule has 3 aromatic rings. The van der Waals surface area contributed by atoms with Gasteiger partial charge < -0.3 is 10.1 Å². The molecule has 1 aromatic heterocycles. The zero-order chi connectivity index (χ0) is 21.7. The van der Waals surface area contributed by atoms with Crippen LogP contribution >= 0.6 is 11.8 Å². The molecule has 0 unspecified atom stereocenters. The summed E-state index contributed by atoms with van der Waals surface area (Å²) in [4.78, 5) is 12.6. The standard InChI is InChI=1S/C23H26N4O2S/c1-6-10-27-22(18-8-7-9-19(13-18)29-5)25-26-23(27)30-14-20(28)24-21-16(3)11-15(2)12-17(21)4/h6-9,11-13H,1,10,14H2,2-5H3,(H,24,28). The fourth-order valence-corrected chi connectivity index (χ4v) is 4.10. The van der Waals surface area contributed by atoms with Gasteiger partial charge in [-0.25, -0.2) is 0 Å². The van der Waals surface area contributed by atoms with Gasteiger partial charge in [-0.15, -0.1) is 16.8 Å². The van der Waals surface area contributed by atoms with Gasteiger partial charge in [0.15, 0.2) is 11.0 Å². The van der Waals surface area contributed by atoms with Gasteiger partial charge in [0.2, 0.25) is 5.91 Å². The molecule has 1 amide bonds. The number of methoxy groups -OCH3 is 1. The molecule has 0 atom stereocenters. The Hall–Kier alpha value is -3.06. The number of allylic oxidation sites excluding steroid dienone is 1. The van der Waals surface area contributed by atoms with Crippen LogP contribution in [-0.2, 0) is 11.3 Å². The zero-order valence-corrected chi connectivity index (χ0v) is 18.5. The number of aryl methyl sites for hydroxylation is 3. The van der Waals surface area contributed by atoms with E-state index in [-0.39, 0.29) is 11.7 Å². The SMILES string of the molecule is C=CCn1c(SCC(=O)Nc2c(C)cc(C)cc2C)nnc1-c1cccc(OC)c1. The Bertz CT molecular complexity index is 1050. The van der Waals surface area contributed by atoms with Crippen LogP contribution in [-0.4, -0.2) is 33.5 Å². The van der Waals surface area contributed by atoms with Crippen LogP contribution in [0.3, 0.4) is 0 Å². The number of hydrogen-bond donors (Lipinski definition) is 1. The highest BCUT2D eigenvalue weighted by atomic mass is 32.2. The van der Waals surface area contributed by atoms with Crippen LogP contribution in [0.2, 0.25) is 0 Å². The lowest BCUT2D eigenvalue weighted by Crippen LogP contribution is -2.16. The molecule has 0 saturated carbocycles. The van der Waals surface area contributed by atoms with Gasteiger partial charge in [-0.2, -0.15) is 0 Å². The van der Waals surface area contributed by atoms with Crippen molar-refractivity contribution in [3.8, 4) is 17.1 Å². The van der Waals surface area contributed by atoms with Crippen LogP contribution in [0.5, 0.6) is 5.75 Å². The zero-order valence-electron chi connectivity index (χ0n) is 17.7. The van der Waals surface area contributed by atoms with E-state index in [0.29, 0.717) is 17.5 Å². The quantitative estimate of drug-likeness (QED) is 0.417. The number of ether oxygens (including phenoxy) is 1. The molecule has 156 valence electrons. The van der Waals surface area contributed by atoms with Crippen LogP contribution < -0.4 is 10.1 Å². The smallest absolute Gasteiger partial charge is 0.234 e. The first kappa shape index (κ1) is 21.6. The summed E-state index contributed by atoms with van der Waals surface area (Å²) in [5.41, 5.74) is 5.06. The second-order valence-electron chi connectivity index (χ2n) is 7.05. The highest BCUT2D eigenvalue weighted by Crippen LogP contribution is 2.27. The molecule has 30 heavy (non-hydrogen) atoms. The summed E-state index contributed by atoms with van der Waals surface area (Å²) in [5, 5.41) is 12.3. The lowest BCUT2D eigenvalue weighted by Gasteiger charge is -2.13. The number of thioether (sulfide) groups is 1. The number of aromatic nitrogens is 3. The van der Waals surface area contributed by atoms with Crippen molar-refractivity contribution in [2.75, 3.05) is 18.2 Å². The van der Waals surface area contributed by atoms with Crippen LogP contribution in [0.4, 0.5) is 5.69 Å². The summed E-state index contributed by atoms with van der Waals surface area (Å²) < 4.78 is 7.26. The van der Waals surface area contributed by atoms with E-state index in [1.165, 1.54) is 17.3 Å². The van der Waals surface area contributed by atoms with E-state index < -0.39 is 0 Å². The molecule has 0 aliphatic carbocycles. The predicted molar refractivity (Wildman–Crippen MR) is 122 cm³/mol. The van der Waals surface area contributed by atoms with Gasteiger partial charge in [0.1, 0.15) is 5.75 Å². The molecule has 7 heteroatoms. The maximum atomic E-state index is 12.6. The van der Waals surface area contributed by atoms with E-state index in [1.807, 2.05) is 49.6 Å². The average Bonchev–Trinajstić information content (AvgIpc) is 3.12. The number of carbonyl (C=O) groups excluding carboxylic acids is 1. The summed E-state index contributed by atoms with van der Waals surface area (Å²) in [6.45, 7) is 10.4. The van der Waals surface area contributed by atoms with Gasteiger partial charge >= 0.3 is 0 Å². The van der Waals surface area contributed by atoms with Gasteiger partial charge in [0, 0.05) is 17.8 Å². The number of hydrogen-bond acceptors (Lipinski definition) is 5. The van der Waals surface area contributed by atoms with Gasteiger partial charge in [-0.3, -0.25) is 9.36 Å². The van der Waals surface area contributed by atoms with Gasteiger partial charge in [-0.05, 0) is 44.0 Å². The van der Waals surface area contributed by atoms with Gasteiger partial charge in [-0.1, -0.05) is 47.7 Å². The van der Waals surface area contributed by atoms with Crippen molar-refractivity contribution in [3.63, 3.8) is 0 Å². The maximum absolute atomic E-state index is 12.6. The molecule has 1 N–H and O–H groups in total. The summed E-state index contributed by atoms with van der Waals surface area (Å²) in [6.07, 6.45) is 1.79. The van der Waals surface area contributed by atoms with E-state index in [9.17, 15) is 4.79 Å². The minimum atomic E-state index is -0.0777. The molecule has 0 spiro atoms. The van der Waals surface area contributed by atoms with Crippen molar-refractivity contribution >= 4 is 23.4 Å². The minimum Gasteiger partial charge on any atom is -0.497 e. The van der Waals surface area contributed by atoms with Crippen molar-refractivity contribution in [3.05, 3.63) is 65.7 Å². The lowest BCUT2D eigenvalue weighted by molar-refractivity contribution is -0.113. The van der Waals surface area contributed by atoms with E-state index in [1.54, 1.807) is 13.2 Å². The Morgan fingerprint density at radius 2 is 1.93 bits per heavy atom. The number of nitrogens with one attached hydrogen (secondary N) is 1. The van der Waals surface area contributed by atoms with E-state index in [2.05, 4.69) is 34.2 Å². The molecule has 0 fully saturated rings. The Morgan fingerprint density at radius 3 is 2.60 bits per heavy atom. The van der Waals surface area contributed by atoms with Crippen molar-refractivity contribution < 1.29 is 9.53 Å². The summed E-state index contributed by atoms with van der Waals surface area (Å²) in [7, 11) is 1.63. The van der Waals surface area contributed by atoms with Crippen molar-refractivity contribution in [2.45, 2.75) is 32.5 Å². The Labute approximate surface area is 181 Å². The topological polar surface area (TPSA) is 69.0 Å². The number of carbonyl (C=O) groups is 1. The fraction of sp³-hybridized carbons (Fsp3) is 0.261. The van der Waals surface area contributed by atoms with Crippen molar-refractivity contribution in [1.29, 1.82) is 0 Å². The molecular formula is C23H26N4O2S. The normalized spacial score (nSPS) is 10.7. The second-order valence-corrected chi connectivity index (χ2v) is 7.99. The molecule has 0 bridgehead atoms. The van der Waals surface area contributed by atoms with Crippen LogP contribution in [0, 0.1) is 20.8 Å². The first-order valence-electron chi connectivity index (χ1n) is 9.62. The fourth-order valence-electron chi connectivity index (χ4n) is 3.35. The molecule has 0 saturated heterocycles. The lowest BCUT2D eigenvalue weighted by atomic mass is 10.1. The molecule has 0 aliphatic rings. The van der Waals surface area contributed by atoms with Crippen LogP contribution in [0.1, 0.15) is 16.7 Å². The summed E-state index contributed by atoms with van der Waals surface area (Å²) in [6, 6.07) is 11.8. The number of rotatable bonds is 8. The van der Waals surface area contributed by atoms with Gasteiger partial charge in [0.05, 0.1) is 12.9 Å². The molecular weight excluding hydrogens is 396 g/mol. The number of nitrogens with zero attached hydrogens (tertiary/aromatic N) is 3. The molecule has 1 heterocycles. The van der Waals surface area contributed by atoms with Crippen molar-refractivity contribution in [2.24, 2.45) is 0 Å². The van der Waals surface area contributed by atoms with E-state index >= 15 is 0 Å². The van der Waals surface area contributed by atoms with E-state index in [4.69, 9.17) is 4.74 Å². The number of benzene rings is 2. The largest absolute Gasteiger partial charge is 0.497 e. The third kappa shape index (κ3) is 4.91. The van der Waals surface area contributed by atoms with E-state index in [0.717, 1.165) is 28.1 Å². The maximum Gasteiger partial charge on any atom is 0.234 e. The minimum absolute atomic E-state index is 0.0777. The molecule has 0 aliphatic heterocycles. The Balaban J connectivity index is 1.76. The average molecular weight is 423 g/mol. The third-order valence-corrected chi connectivity index (χ3v) is 5.60. The van der Waals surface area contributed by atoms with Gasteiger partial charge in [0.25, 0.3) is 0 Å². The molecule has 3 rings (SSSR count). The highest BCUT2D eigenvalue weighted by Gasteiger charge is 2.16. The first-order chi connectivity index (χ1) is 14.4. The first-order valence-corrected chi connectivity index (χ1v) is 10.6. The van der Waals surface area contributed by atoms with Crippen LogP contribution in [0.15, 0.2) is 54.2 Å². The number of amides is 1. The Morgan fingerprint density at radius 1 is 1.20 bits per heavy atom.